The predicted molar refractivity (Wildman–Crippen MR) is 31.0 cm³/mol. The molecule has 3 N–H and O–H groups in total. The number of carboxylic acids is 1. The van der Waals surface area contributed by atoms with Crippen LogP contribution in [0.4, 0.5) is 0 Å². The second-order valence-electron chi connectivity index (χ2n) is 1.96. The molecule has 0 amide bonds. The lowest BCUT2D eigenvalue weighted by Gasteiger charge is -1.95. The largest absolute Gasteiger partial charge is 0.480 e. The Hall–Kier alpha value is -0.280. The van der Waals surface area contributed by atoms with E-state index in [9.17, 15) is 4.79 Å². The molecule has 1 rings (SSSR count). The summed E-state index contributed by atoms with van der Waals surface area (Å²) in [5, 5.41) is 8.19. The highest BCUT2D eigenvalue weighted by atomic mass is 35.5. The van der Waals surface area contributed by atoms with Crippen LogP contribution in [0.25, 0.3) is 0 Å². The lowest BCUT2D eigenvalue weighted by molar-refractivity contribution is -0.139. The first-order valence-corrected chi connectivity index (χ1v) is 2.17. The summed E-state index contributed by atoms with van der Waals surface area (Å²) in [6.07, 6.45) is 1.28. The zero-order valence-corrected chi connectivity index (χ0v) is 5.07. The lowest BCUT2D eigenvalue weighted by atomic mass is 10.3. The molecule has 0 bridgehead atoms. The van der Waals surface area contributed by atoms with Crippen molar-refractivity contribution in [1.82, 2.24) is 0 Å². The van der Waals surface area contributed by atoms with Crippen LogP contribution < -0.4 is 5.73 Å². The van der Waals surface area contributed by atoms with Gasteiger partial charge in [-0.3, -0.25) is 4.79 Å². The molecule has 8 heavy (non-hydrogen) atoms. The van der Waals surface area contributed by atoms with E-state index in [1.807, 2.05) is 0 Å². The summed E-state index contributed by atoms with van der Waals surface area (Å²) in [7, 11) is 0. The minimum atomic E-state index is -0.868. The third-order valence-electron chi connectivity index (χ3n) is 1.21. The molecule has 0 saturated heterocycles. The summed E-state index contributed by atoms with van der Waals surface area (Å²) in [6, 6.07) is 0. The maximum absolute atomic E-state index is 9.96. The quantitative estimate of drug-likeness (QED) is 0.534. The smallest absolute Gasteiger partial charge is 0.323 e. The van der Waals surface area contributed by atoms with Gasteiger partial charge in [0.2, 0.25) is 0 Å². The van der Waals surface area contributed by atoms with E-state index in [1.165, 1.54) is 0 Å². The van der Waals surface area contributed by atoms with Crippen LogP contribution in [0.1, 0.15) is 12.8 Å². The van der Waals surface area contributed by atoms with Crippen molar-refractivity contribution in [2.75, 3.05) is 0 Å². The van der Waals surface area contributed by atoms with Gasteiger partial charge in [-0.15, -0.1) is 12.4 Å². The van der Waals surface area contributed by atoms with Crippen molar-refractivity contribution in [1.29, 1.82) is 0 Å². The maximum atomic E-state index is 9.96. The molecule has 3 nitrogen and oxygen atoms in total. The number of carbonyl (C=O) groups is 1. The molecule has 0 aromatic carbocycles. The Morgan fingerprint density at radius 1 is 1.62 bits per heavy atom. The van der Waals surface area contributed by atoms with Crippen molar-refractivity contribution >= 4 is 18.4 Å². The van der Waals surface area contributed by atoms with E-state index >= 15 is 0 Å². The third kappa shape index (κ3) is 1.11. The Kier molecular flexibility index (Phi) is 1.85. The van der Waals surface area contributed by atoms with Crippen LogP contribution >= 0.6 is 12.4 Å². The van der Waals surface area contributed by atoms with Gasteiger partial charge in [0.25, 0.3) is 0 Å². The summed E-state index contributed by atoms with van der Waals surface area (Å²) in [5.41, 5.74) is 4.36. The Morgan fingerprint density at radius 3 is 2.00 bits per heavy atom. The fraction of sp³-hybridized carbons (Fsp3) is 0.750. The number of halogens is 1. The molecule has 48 valence electrons. The maximum Gasteiger partial charge on any atom is 0.323 e. The molecule has 0 radical (unpaired) electrons. The lowest BCUT2D eigenvalue weighted by Crippen LogP contribution is -2.31. The van der Waals surface area contributed by atoms with Crippen LogP contribution in [-0.2, 0) is 4.79 Å². The Labute approximate surface area is 53.3 Å². The van der Waals surface area contributed by atoms with E-state index in [4.69, 9.17) is 10.8 Å². The first-order chi connectivity index (χ1) is 3.15. The fourth-order valence-electron chi connectivity index (χ4n) is 0.349. The summed E-state index contributed by atoms with van der Waals surface area (Å²) in [5.74, 6) is -0.868. The monoisotopic (exact) mass is 137 g/mol. The SMILES string of the molecule is Cl.NC1(C(=O)O)CC1. The average Bonchev–Trinajstić information content (AvgIpc) is 2.21. The highest BCUT2D eigenvalue weighted by Crippen LogP contribution is 2.31. The molecule has 1 aliphatic carbocycles. The summed E-state index contributed by atoms with van der Waals surface area (Å²) in [6.45, 7) is 0. The minimum Gasteiger partial charge on any atom is -0.480 e. The third-order valence-corrected chi connectivity index (χ3v) is 1.21. The van der Waals surface area contributed by atoms with Crippen LogP contribution in [0.15, 0.2) is 0 Å². The molecule has 4 heteroatoms. The number of aliphatic carboxylic acids is 1. The molecular weight excluding hydrogens is 130 g/mol. The van der Waals surface area contributed by atoms with Gasteiger partial charge >= 0.3 is 5.97 Å². The molecule has 0 aromatic rings. The van der Waals surface area contributed by atoms with E-state index in [-0.39, 0.29) is 12.4 Å². The normalized spacial score (nSPS) is 21.1. The van der Waals surface area contributed by atoms with Gasteiger partial charge in [-0.25, -0.2) is 0 Å². The van der Waals surface area contributed by atoms with Gasteiger partial charge < -0.3 is 10.8 Å². The molecular formula is C4H8ClNO2. The van der Waals surface area contributed by atoms with Crippen molar-refractivity contribution in [3.63, 3.8) is 0 Å². The molecule has 0 heterocycles. The van der Waals surface area contributed by atoms with E-state index in [2.05, 4.69) is 0 Å². The van der Waals surface area contributed by atoms with Crippen molar-refractivity contribution in [2.24, 2.45) is 5.73 Å². The van der Waals surface area contributed by atoms with Gasteiger partial charge in [0.1, 0.15) is 5.54 Å². The first-order valence-electron chi connectivity index (χ1n) is 2.17. The van der Waals surface area contributed by atoms with Crippen LogP contribution in [0, 0.1) is 0 Å². The fourth-order valence-corrected chi connectivity index (χ4v) is 0.349. The topological polar surface area (TPSA) is 63.3 Å². The van der Waals surface area contributed by atoms with Gasteiger partial charge in [0.15, 0.2) is 0 Å². The van der Waals surface area contributed by atoms with Crippen LogP contribution in [0.3, 0.4) is 0 Å². The number of hydrogen-bond donors (Lipinski definition) is 2. The van der Waals surface area contributed by atoms with Crippen LogP contribution in [-0.4, -0.2) is 16.6 Å². The number of hydrogen-bond acceptors (Lipinski definition) is 2. The number of carboxylic acid groups (broad SMARTS) is 1. The number of nitrogens with two attached hydrogens (primary N) is 1. The summed E-state index contributed by atoms with van der Waals surface area (Å²) >= 11 is 0. The second kappa shape index (κ2) is 1.91. The van der Waals surface area contributed by atoms with E-state index < -0.39 is 11.5 Å². The summed E-state index contributed by atoms with van der Waals surface area (Å²) in [4.78, 5) is 9.96. The zero-order valence-electron chi connectivity index (χ0n) is 4.26. The molecule has 0 atom stereocenters. The van der Waals surface area contributed by atoms with Crippen LogP contribution in [0.5, 0.6) is 0 Å². The Bertz CT molecular complexity index is 111. The second-order valence-corrected chi connectivity index (χ2v) is 1.96. The molecule has 1 saturated carbocycles. The van der Waals surface area contributed by atoms with Gasteiger partial charge in [-0.05, 0) is 12.8 Å². The molecule has 1 aliphatic rings. The van der Waals surface area contributed by atoms with Crippen molar-refractivity contribution in [3.8, 4) is 0 Å². The minimum absolute atomic E-state index is 0. The molecule has 0 aromatic heterocycles. The van der Waals surface area contributed by atoms with Gasteiger partial charge in [0.05, 0.1) is 0 Å². The van der Waals surface area contributed by atoms with Gasteiger partial charge in [0, 0.05) is 0 Å². The molecule has 0 unspecified atom stereocenters. The standard InChI is InChI=1S/C4H7NO2.ClH/c5-4(1-2-4)3(6)7;/h1-2,5H2,(H,6,7);1H. The van der Waals surface area contributed by atoms with Crippen LogP contribution in [0.2, 0.25) is 0 Å². The van der Waals surface area contributed by atoms with Gasteiger partial charge in [-0.1, -0.05) is 0 Å². The van der Waals surface area contributed by atoms with Gasteiger partial charge in [-0.2, -0.15) is 0 Å². The highest BCUT2D eigenvalue weighted by molar-refractivity contribution is 5.85. The number of rotatable bonds is 1. The Morgan fingerprint density at radius 2 is 2.00 bits per heavy atom. The average molecular weight is 138 g/mol. The van der Waals surface area contributed by atoms with E-state index in [0.29, 0.717) is 12.8 Å². The molecule has 0 aliphatic heterocycles. The van der Waals surface area contributed by atoms with Crippen molar-refractivity contribution < 1.29 is 9.90 Å². The van der Waals surface area contributed by atoms with E-state index in [1.54, 1.807) is 0 Å². The van der Waals surface area contributed by atoms with Crippen molar-refractivity contribution in [3.05, 3.63) is 0 Å². The zero-order chi connectivity index (χ0) is 5.49. The Balaban J connectivity index is 0.000000490. The predicted octanol–water partition coefficient (Wildman–Crippen LogP) is -0.0159. The molecule has 0 spiro atoms. The van der Waals surface area contributed by atoms with Crippen molar-refractivity contribution in [2.45, 2.75) is 18.4 Å². The highest BCUT2D eigenvalue weighted by Gasteiger charge is 2.46. The first kappa shape index (κ1) is 7.72. The molecule has 1 fully saturated rings. The summed E-state index contributed by atoms with van der Waals surface area (Å²) < 4.78 is 0. The van der Waals surface area contributed by atoms with E-state index in [0.717, 1.165) is 0 Å².